The van der Waals surface area contributed by atoms with Gasteiger partial charge in [-0.3, -0.25) is 0 Å². The molecular formula is C63H55BN2S. The average Bonchev–Trinajstić information content (AvgIpc) is 3.93. The van der Waals surface area contributed by atoms with Gasteiger partial charge < -0.3 is 9.38 Å². The summed E-state index contributed by atoms with van der Waals surface area (Å²) in [6.45, 7) is 21.8. The fourth-order valence-electron chi connectivity index (χ4n) is 13.2. The largest absolute Gasteiger partial charge is 0.375 e. The van der Waals surface area contributed by atoms with E-state index < -0.39 is 0 Å². The van der Waals surface area contributed by atoms with Gasteiger partial charge in [-0.1, -0.05) is 165 Å². The van der Waals surface area contributed by atoms with Gasteiger partial charge in [-0.25, -0.2) is 0 Å². The Morgan fingerprint density at radius 1 is 0.537 bits per heavy atom. The molecule has 4 heterocycles. The van der Waals surface area contributed by atoms with Crippen molar-refractivity contribution in [2.24, 2.45) is 0 Å². The summed E-state index contributed by atoms with van der Waals surface area (Å²) in [5.41, 5.74) is 23.1. The maximum Gasteiger partial charge on any atom is 0.343 e. The zero-order valence-electron chi connectivity index (χ0n) is 40.2. The Labute approximate surface area is 399 Å². The van der Waals surface area contributed by atoms with E-state index in [0.717, 1.165) is 0 Å². The van der Waals surface area contributed by atoms with Gasteiger partial charge in [0.1, 0.15) is 0 Å². The minimum absolute atomic E-state index is 0.0238. The van der Waals surface area contributed by atoms with E-state index in [-0.39, 0.29) is 28.5 Å². The van der Waals surface area contributed by atoms with Crippen LogP contribution in [0.2, 0.25) is 0 Å². The Bertz CT molecular complexity index is 3830. The molecular weight excluding hydrogens is 828 g/mol. The van der Waals surface area contributed by atoms with Crippen molar-refractivity contribution in [2.45, 2.75) is 96.8 Å². The third-order valence-corrected chi connectivity index (χ3v) is 18.1. The quantitative estimate of drug-likeness (QED) is 0.157. The first kappa shape index (κ1) is 39.8. The number of para-hydroxylation sites is 1. The van der Waals surface area contributed by atoms with Crippen molar-refractivity contribution in [3.05, 3.63) is 173 Å². The average molecular weight is 883 g/mol. The lowest BCUT2D eigenvalue weighted by molar-refractivity contribution is 0.332. The van der Waals surface area contributed by atoms with Crippen molar-refractivity contribution in [2.75, 3.05) is 4.90 Å². The number of hydrogen-bond acceptors (Lipinski definition) is 2. The summed E-state index contributed by atoms with van der Waals surface area (Å²) in [6, 6.07) is 56.9. The van der Waals surface area contributed by atoms with Crippen LogP contribution in [0.1, 0.15) is 103 Å². The summed E-state index contributed by atoms with van der Waals surface area (Å²) in [5, 5.41) is 6.60. The van der Waals surface area contributed by atoms with E-state index in [1.54, 1.807) is 0 Å². The lowest BCUT2D eigenvalue weighted by Gasteiger charge is -2.42. The van der Waals surface area contributed by atoms with Crippen LogP contribution >= 0.6 is 11.3 Å². The number of anilines is 3. The van der Waals surface area contributed by atoms with Crippen LogP contribution in [0.3, 0.4) is 0 Å². The normalized spacial score (nSPS) is 16.9. The van der Waals surface area contributed by atoms with Crippen LogP contribution < -0.4 is 15.1 Å². The van der Waals surface area contributed by atoms with Gasteiger partial charge in [-0.2, -0.15) is 0 Å². The molecule has 67 heavy (non-hydrogen) atoms. The van der Waals surface area contributed by atoms with Gasteiger partial charge in [0.05, 0.1) is 11.4 Å². The molecule has 2 aromatic heterocycles. The van der Waals surface area contributed by atoms with Crippen molar-refractivity contribution in [3.8, 4) is 33.4 Å². The molecule has 326 valence electrons. The molecule has 0 unspecified atom stereocenters. The molecule has 0 saturated carbocycles. The molecule has 8 aromatic carbocycles. The Morgan fingerprint density at radius 2 is 1.22 bits per heavy atom. The Kier molecular flexibility index (Phi) is 7.71. The molecule has 4 aliphatic rings. The van der Waals surface area contributed by atoms with E-state index in [0.29, 0.717) is 0 Å². The van der Waals surface area contributed by atoms with Crippen LogP contribution in [0, 0.1) is 0 Å². The summed E-state index contributed by atoms with van der Waals surface area (Å²) < 4.78 is 5.60. The standard InChI is InChI=1S/C63H55BN2S/c1-60(2,3)39-26-27-50(43(32-39)36-18-11-10-12-19-36)65-52-34-49-54(41-22-15-16-25-46(41)63(49,8)9)55-42-24-17-23-40-44-30-37-20-13-14-21-38(37)31-51(44)66(57(40)42)64(56(52)55)59-58(65)45-33-47-48(35-53(45)67-59)62(6,7)29-28-61(47,4)5/h10-27,30-35H,28-29H2,1-9H3. The molecule has 0 atom stereocenters. The third kappa shape index (κ3) is 5.18. The van der Waals surface area contributed by atoms with Crippen LogP contribution in [0.4, 0.5) is 17.1 Å². The highest BCUT2D eigenvalue weighted by Crippen LogP contribution is 2.59. The van der Waals surface area contributed by atoms with E-state index in [4.69, 9.17) is 0 Å². The van der Waals surface area contributed by atoms with Gasteiger partial charge >= 0.3 is 6.85 Å². The molecule has 14 rings (SSSR count). The Morgan fingerprint density at radius 3 is 1.99 bits per heavy atom. The number of rotatable bonds is 2. The molecule has 0 bridgehead atoms. The number of thiophene rings is 1. The van der Waals surface area contributed by atoms with Gasteiger partial charge in [-0.05, 0) is 138 Å². The van der Waals surface area contributed by atoms with E-state index in [2.05, 4.69) is 229 Å². The highest BCUT2D eigenvalue weighted by atomic mass is 32.1. The molecule has 4 heteroatoms. The van der Waals surface area contributed by atoms with Crippen LogP contribution in [-0.2, 0) is 21.7 Å². The molecule has 0 amide bonds. The predicted molar refractivity (Wildman–Crippen MR) is 290 cm³/mol. The number of hydrogen-bond donors (Lipinski definition) is 0. The molecule has 0 spiro atoms. The maximum absolute atomic E-state index is 2.79. The predicted octanol–water partition coefficient (Wildman–Crippen LogP) is 16.2. The smallest absolute Gasteiger partial charge is 0.343 e. The van der Waals surface area contributed by atoms with Crippen LogP contribution in [0.5, 0.6) is 0 Å². The minimum Gasteiger partial charge on any atom is -0.375 e. The first-order valence-electron chi connectivity index (χ1n) is 24.5. The second-order valence-corrected chi connectivity index (χ2v) is 24.2. The zero-order chi connectivity index (χ0) is 45.7. The molecule has 0 fully saturated rings. The van der Waals surface area contributed by atoms with Gasteiger partial charge in [0.25, 0.3) is 0 Å². The number of nitrogens with zero attached hydrogens (tertiary/aromatic N) is 2. The fraction of sp³-hybridized carbons (Fsp3) is 0.238. The van der Waals surface area contributed by atoms with Crippen molar-refractivity contribution in [3.63, 3.8) is 0 Å². The Balaban J connectivity index is 1.21. The second kappa shape index (κ2) is 13.0. The lowest BCUT2D eigenvalue weighted by Crippen LogP contribution is -2.55. The second-order valence-electron chi connectivity index (χ2n) is 23.1. The highest BCUT2D eigenvalue weighted by Gasteiger charge is 2.50. The van der Waals surface area contributed by atoms with Crippen LogP contribution in [0.25, 0.3) is 76.0 Å². The highest BCUT2D eigenvalue weighted by molar-refractivity contribution is 7.32. The SMILES string of the molecule is CC(C)(C)c1ccc(N2c3cc4c(c5c3B(c3sc6cc7c(cc6c32)C(C)(C)CCC7(C)C)n2c3cc6ccccc6cc3c3cccc-5c32)-c2ccccc2C4(C)C)c(-c2ccccc2)c1. The van der Waals surface area contributed by atoms with E-state index in [9.17, 15) is 0 Å². The van der Waals surface area contributed by atoms with Gasteiger partial charge in [-0.15, -0.1) is 11.3 Å². The Hall–Kier alpha value is -6.36. The molecule has 2 aliphatic heterocycles. The molecule has 0 radical (unpaired) electrons. The van der Waals surface area contributed by atoms with Gasteiger partial charge in [0.15, 0.2) is 0 Å². The first-order chi connectivity index (χ1) is 32.1. The van der Waals surface area contributed by atoms with E-state index in [1.807, 2.05) is 0 Å². The van der Waals surface area contributed by atoms with Crippen LogP contribution in [0.15, 0.2) is 146 Å². The summed E-state index contributed by atoms with van der Waals surface area (Å²) in [7, 11) is 0. The molecule has 10 aromatic rings. The van der Waals surface area contributed by atoms with Gasteiger partial charge in [0, 0.05) is 58.9 Å². The number of benzene rings is 8. The van der Waals surface area contributed by atoms with E-state index >= 15 is 0 Å². The third-order valence-electron chi connectivity index (χ3n) is 16.9. The van der Waals surface area contributed by atoms with Crippen LogP contribution in [-0.4, -0.2) is 11.3 Å². The van der Waals surface area contributed by atoms with Crippen molar-refractivity contribution in [1.82, 2.24) is 4.48 Å². The lowest BCUT2D eigenvalue weighted by atomic mass is 9.47. The fourth-order valence-corrected chi connectivity index (χ4v) is 14.5. The van der Waals surface area contributed by atoms with Crippen molar-refractivity contribution < 1.29 is 0 Å². The molecule has 0 saturated heterocycles. The summed E-state index contributed by atoms with van der Waals surface area (Å²) in [4.78, 5) is 2.76. The minimum atomic E-state index is -0.210. The van der Waals surface area contributed by atoms with Gasteiger partial charge in [0.2, 0.25) is 0 Å². The van der Waals surface area contributed by atoms with Crippen molar-refractivity contribution in [1.29, 1.82) is 0 Å². The maximum atomic E-state index is 2.79. The summed E-state index contributed by atoms with van der Waals surface area (Å²) >= 11 is 2.05. The summed E-state index contributed by atoms with van der Waals surface area (Å²) in [5.74, 6) is 0. The monoisotopic (exact) mass is 882 g/mol. The topological polar surface area (TPSA) is 8.17 Å². The number of aromatic nitrogens is 1. The first-order valence-corrected chi connectivity index (χ1v) is 25.3. The molecule has 2 aliphatic carbocycles. The molecule has 2 nitrogen and oxygen atoms in total. The van der Waals surface area contributed by atoms with E-state index in [1.165, 1.54) is 144 Å². The zero-order valence-corrected chi connectivity index (χ0v) is 41.0. The number of fused-ring (bicyclic) bond motifs is 15. The van der Waals surface area contributed by atoms with Crippen molar-refractivity contribution >= 4 is 88.2 Å². The molecule has 0 N–H and O–H groups in total. The summed E-state index contributed by atoms with van der Waals surface area (Å²) in [6.07, 6.45) is 2.37.